The van der Waals surface area contributed by atoms with Gasteiger partial charge in [-0.15, -0.1) is 0 Å². The van der Waals surface area contributed by atoms with Gasteiger partial charge in [-0.25, -0.2) is 4.39 Å². The van der Waals surface area contributed by atoms with Crippen LogP contribution < -0.4 is 0 Å². The van der Waals surface area contributed by atoms with Crippen molar-refractivity contribution < 1.29 is 4.39 Å². The molecule has 0 spiro atoms. The van der Waals surface area contributed by atoms with Gasteiger partial charge in [-0.1, -0.05) is 6.08 Å². The minimum absolute atomic E-state index is 0.161. The molecule has 0 aromatic heterocycles. The third kappa shape index (κ3) is 2.20. The van der Waals surface area contributed by atoms with Crippen LogP contribution in [-0.4, -0.2) is 0 Å². The minimum Gasteiger partial charge on any atom is -0.207 e. The Morgan fingerprint density at radius 1 is 1.31 bits per heavy atom. The van der Waals surface area contributed by atoms with Gasteiger partial charge in [-0.2, -0.15) is 0 Å². The Labute approximate surface area is 79.5 Å². The van der Waals surface area contributed by atoms with Crippen LogP contribution in [0.3, 0.4) is 0 Å². The molecule has 1 unspecified atom stereocenters. The molecule has 0 bridgehead atoms. The smallest absolute Gasteiger partial charge is 0.127 e. The minimum atomic E-state index is -0.161. The zero-order valence-corrected chi connectivity index (χ0v) is 7.80. The number of hydrogen-bond donors (Lipinski definition) is 0. The van der Waals surface area contributed by atoms with E-state index < -0.39 is 0 Å². The summed E-state index contributed by atoms with van der Waals surface area (Å²) >= 11 is 0. The quantitative estimate of drug-likeness (QED) is 0.575. The molecule has 0 aliphatic heterocycles. The van der Waals surface area contributed by atoms with E-state index in [1.807, 2.05) is 6.08 Å². The molecule has 0 saturated heterocycles. The average Bonchev–Trinajstić information content (AvgIpc) is 2.19. The van der Waals surface area contributed by atoms with Crippen LogP contribution in [0.1, 0.15) is 32.1 Å². The first-order valence-corrected chi connectivity index (χ1v) is 5.13. The summed E-state index contributed by atoms with van der Waals surface area (Å²) in [5, 5.41) is 0. The van der Waals surface area contributed by atoms with Gasteiger partial charge in [0.1, 0.15) is 5.83 Å². The van der Waals surface area contributed by atoms with E-state index in [4.69, 9.17) is 0 Å². The summed E-state index contributed by atoms with van der Waals surface area (Å²) in [4.78, 5) is 0. The lowest BCUT2D eigenvalue weighted by Gasteiger charge is -2.28. The van der Waals surface area contributed by atoms with Crippen LogP contribution in [0.15, 0.2) is 18.0 Å². The van der Waals surface area contributed by atoms with Crippen molar-refractivity contribution in [3.8, 4) is 0 Å². The van der Waals surface area contributed by atoms with Crippen molar-refractivity contribution in [2.45, 2.75) is 32.1 Å². The van der Waals surface area contributed by atoms with Gasteiger partial charge in [-0.3, -0.25) is 0 Å². The maximum absolute atomic E-state index is 12.9. The molecule has 1 heteroatoms. The molecule has 2 aliphatic carbocycles. The number of rotatable bonds is 1. The van der Waals surface area contributed by atoms with Gasteiger partial charge in [0.25, 0.3) is 0 Å². The molecule has 0 heterocycles. The Bertz CT molecular complexity index is 221. The predicted molar refractivity (Wildman–Crippen MR) is 51.4 cm³/mol. The molecule has 0 N–H and O–H groups in total. The molecule has 2 radical (unpaired) electrons. The SMILES string of the molecule is FC1=CC(C2CC[CH]CC2)CC=[C]1. The molecule has 0 aromatic rings. The molecular formula is C12H15F. The fraction of sp³-hybridized carbons (Fsp3) is 0.583. The van der Waals surface area contributed by atoms with Crippen LogP contribution in [0.4, 0.5) is 4.39 Å². The third-order valence-electron chi connectivity index (χ3n) is 3.08. The Kier molecular flexibility index (Phi) is 2.82. The van der Waals surface area contributed by atoms with Gasteiger partial charge in [0.15, 0.2) is 0 Å². The summed E-state index contributed by atoms with van der Waals surface area (Å²) in [7, 11) is 0. The summed E-state index contributed by atoms with van der Waals surface area (Å²) in [6, 6.07) is 0. The first kappa shape index (κ1) is 8.98. The highest BCUT2D eigenvalue weighted by Gasteiger charge is 2.22. The molecule has 1 saturated carbocycles. The van der Waals surface area contributed by atoms with Crippen molar-refractivity contribution >= 4 is 0 Å². The Hall–Kier alpha value is -0.590. The van der Waals surface area contributed by atoms with Gasteiger partial charge in [-0.05, 0) is 56.4 Å². The van der Waals surface area contributed by atoms with Gasteiger partial charge in [0.2, 0.25) is 0 Å². The summed E-state index contributed by atoms with van der Waals surface area (Å²) in [5.74, 6) is 0.981. The molecule has 1 fully saturated rings. The molecule has 0 aromatic carbocycles. The monoisotopic (exact) mass is 178 g/mol. The van der Waals surface area contributed by atoms with E-state index in [9.17, 15) is 4.39 Å². The predicted octanol–water partition coefficient (Wildman–Crippen LogP) is 3.61. The average molecular weight is 178 g/mol. The van der Waals surface area contributed by atoms with Crippen molar-refractivity contribution in [3.05, 3.63) is 30.5 Å². The van der Waals surface area contributed by atoms with Crippen LogP contribution in [0, 0.1) is 24.3 Å². The molecule has 1 atom stereocenters. The van der Waals surface area contributed by atoms with E-state index in [1.54, 1.807) is 6.08 Å². The van der Waals surface area contributed by atoms with E-state index in [0.29, 0.717) is 11.8 Å². The highest BCUT2D eigenvalue weighted by Crippen LogP contribution is 2.34. The number of hydrogen-bond acceptors (Lipinski definition) is 0. The van der Waals surface area contributed by atoms with Crippen molar-refractivity contribution in [3.63, 3.8) is 0 Å². The van der Waals surface area contributed by atoms with E-state index in [2.05, 4.69) is 12.5 Å². The van der Waals surface area contributed by atoms with Gasteiger partial charge < -0.3 is 0 Å². The zero-order chi connectivity index (χ0) is 9.10. The second kappa shape index (κ2) is 4.08. The topological polar surface area (TPSA) is 0 Å². The highest BCUT2D eigenvalue weighted by atomic mass is 19.1. The second-order valence-corrected chi connectivity index (χ2v) is 3.97. The van der Waals surface area contributed by atoms with E-state index >= 15 is 0 Å². The summed E-state index contributed by atoms with van der Waals surface area (Å²) < 4.78 is 12.9. The molecule has 2 aliphatic rings. The van der Waals surface area contributed by atoms with Crippen molar-refractivity contribution in [1.29, 1.82) is 0 Å². The van der Waals surface area contributed by atoms with Crippen molar-refractivity contribution in [1.82, 2.24) is 0 Å². The normalized spacial score (nSPS) is 30.2. The second-order valence-electron chi connectivity index (χ2n) is 3.97. The fourth-order valence-electron chi connectivity index (χ4n) is 2.31. The number of allylic oxidation sites excluding steroid dienone is 4. The lowest BCUT2D eigenvalue weighted by Crippen LogP contribution is -2.17. The van der Waals surface area contributed by atoms with Crippen LogP contribution in [0.5, 0.6) is 0 Å². The first-order chi connectivity index (χ1) is 6.36. The zero-order valence-electron chi connectivity index (χ0n) is 7.80. The largest absolute Gasteiger partial charge is 0.207 e. The Balaban J connectivity index is 1.96. The van der Waals surface area contributed by atoms with Crippen molar-refractivity contribution in [2.24, 2.45) is 11.8 Å². The Morgan fingerprint density at radius 3 is 2.77 bits per heavy atom. The maximum Gasteiger partial charge on any atom is 0.127 e. The summed E-state index contributed by atoms with van der Waals surface area (Å²) in [5.41, 5.74) is 0. The van der Waals surface area contributed by atoms with Gasteiger partial charge in [0.05, 0.1) is 0 Å². The van der Waals surface area contributed by atoms with Crippen molar-refractivity contribution in [2.75, 3.05) is 0 Å². The molecule has 2 rings (SSSR count). The van der Waals surface area contributed by atoms with E-state index in [1.165, 1.54) is 25.7 Å². The number of halogens is 1. The molecule has 70 valence electrons. The van der Waals surface area contributed by atoms with E-state index in [0.717, 1.165) is 6.42 Å². The Morgan fingerprint density at radius 2 is 2.08 bits per heavy atom. The maximum atomic E-state index is 12.9. The standard InChI is InChI=1S/C12H15F/c13-12-8-4-7-11(9-12)10-5-2-1-3-6-10/h1,4,9-11H,2-3,5-7H2. The lowest BCUT2D eigenvalue weighted by molar-refractivity contribution is 0.311. The fourth-order valence-corrected chi connectivity index (χ4v) is 2.31. The van der Waals surface area contributed by atoms with E-state index in [-0.39, 0.29) is 5.83 Å². The molecular weight excluding hydrogens is 163 g/mol. The van der Waals surface area contributed by atoms with Gasteiger partial charge >= 0.3 is 0 Å². The third-order valence-corrected chi connectivity index (χ3v) is 3.08. The van der Waals surface area contributed by atoms with Crippen LogP contribution >= 0.6 is 0 Å². The molecule has 13 heavy (non-hydrogen) atoms. The first-order valence-electron chi connectivity index (χ1n) is 5.13. The van der Waals surface area contributed by atoms with Crippen LogP contribution in [-0.2, 0) is 0 Å². The highest BCUT2D eigenvalue weighted by molar-refractivity contribution is 5.13. The molecule has 0 amide bonds. The lowest BCUT2D eigenvalue weighted by atomic mass is 9.77. The molecule has 0 nitrogen and oxygen atoms in total. The van der Waals surface area contributed by atoms with Gasteiger partial charge in [0, 0.05) is 6.08 Å². The van der Waals surface area contributed by atoms with Crippen LogP contribution in [0.25, 0.3) is 0 Å². The van der Waals surface area contributed by atoms with Crippen LogP contribution in [0.2, 0.25) is 0 Å². The summed E-state index contributed by atoms with van der Waals surface area (Å²) in [6.45, 7) is 0. The summed E-state index contributed by atoms with van der Waals surface area (Å²) in [6.07, 6.45) is 14.5.